The van der Waals surface area contributed by atoms with Crippen molar-refractivity contribution in [2.45, 2.75) is 170 Å². The van der Waals surface area contributed by atoms with E-state index in [1.807, 2.05) is 0 Å². The molecule has 40 heavy (non-hydrogen) atoms. The third-order valence-corrected chi connectivity index (χ3v) is 12.0. The number of ether oxygens (including phenoxy) is 1. The smallest absolute Gasteiger partial charge is 0.303 e. The molecule has 0 saturated heterocycles. The van der Waals surface area contributed by atoms with Crippen LogP contribution in [0.1, 0.15) is 176 Å². The number of carbonyl (C=O) groups excluding carboxylic acids is 1. The summed E-state index contributed by atoms with van der Waals surface area (Å²) in [5.41, 5.74) is 2.89. The summed E-state index contributed by atoms with van der Waals surface area (Å²) >= 11 is 0. The SMILES string of the molecule is CC(=O)OC1(CCOS(=O)(=O)c2c(C3CCCCC3)cc(C3CCCCC3)cc2C2CCCCC2)CCCCC1. The van der Waals surface area contributed by atoms with E-state index >= 15 is 0 Å². The molecule has 4 aliphatic carbocycles. The fourth-order valence-corrected chi connectivity index (χ4v) is 9.84. The van der Waals surface area contributed by atoms with Crippen LogP contribution in [0.3, 0.4) is 0 Å². The van der Waals surface area contributed by atoms with E-state index in [9.17, 15) is 13.2 Å². The van der Waals surface area contributed by atoms with E-state index in [0.29, 0.717) is 29.1 Å². The molecule has 4 saturated carbocycles. The first-order chi connectivity index (χ1) is 19.4. The second-order valence-corrected chi connectivity index (χ2v) is 14.9. The maximum atomic E-state index is 14.3. The van der Waals surface area contributed by atoms with Gasteiger partial charge in [-0.15, -0.1) is 0 Å². The molecular weight excluding hydrogens is 520 g/mol. The third kappa shape index (κ3) is 7.32. The molecule has 0 aromatic heterocycles. The molecule has 6 heteroatoms. The Morgan fingerprint density at radius 2 is 1.18 bits per heavy atom. The van der Waals surface area contributed by atoms with Gasteiger partial charge in [0, 0.05) is 13.3 Å². The molecule has 224 valence electrons. The largest absolute Gasteiger partial charge is 0.459 e. The van der Waals surface area contributed by atoms with E-state index in [4.69, 9.17) is 8.92 Å². The lowest BCUT2D eigenvalue weighted by Gasteiger charge is -2.36. The fraction of sp³-hybridized carbons (Fsp3) is 0.794. The molecule has 4 fully saturated rings. The molecule has 5 nitrogen and oxygen atoms in total. The van der Waals surface area contributed by atoms with Crippen molar-refractivity contribution in [1.29, 1.82) is 0 Å². The third-order valence-electron chi connectivity index (χ3n) is 10.5. The van der Waals surface area contributed by atoms with Crippen LogP contribution in [0.15, 0.2) is 17.0 Å². The summed E-state index contributed by atoms with van der Waals surface area (Å²) in [5.74, 6) is 0.839. The lowest BCUT2D eigenvalue weighted by Crippen LogP contribution is -2.38. The standard InChI is InChI=1S/C34H52O5S/c1-26(35)39-34(20-12-5-13-21-34)22-23-38-40(36,37)33-31(28-16-8-3-9-17-28)24-30(27-14-6-2-7-15-27)25-32(33)29-18-10-4-11-19-29/h24-25,27-29H,2-23H2,1H3. The van der Waals surface area contributed by atoms with Crippen LogP contribution < -0.4 is 0 Å². The number of carbonyl (C=O) groups is 1. The number of hydrogen-bond donors (Lipinski definition) is 0. The van der Waals surface area contributed by atoms with Gasteiger partial charge in [-0.25, -0.2) is 0 Å². The molecule has 0 atom stereocenters. The van der Waals surface area contributed by atoms with Gasteiger partial charge in [0.2, 0.25) is 0 Å². The first-order valence-electron chi connectivity index (χ1n) is 16.6. The van der Waals surface area contributed by atoms with E-state index in [-0.39, 0.29) is 12.6 Å². The second-order valence-electron chi connectivity index (χ2n) is 13.4. The Kier molecular flexibility index (Phi) is 10.3. The lowest BCUT2D eigenvalue weighted by molar-refractivity contribution is -0.162. The maximum Gasteiger partial charge on any atom is 0.303 e. The van der Waals surface area contributed by atoms with Crippen LogP contribution in [-0.2, 0) is 23.8 Å². The van der Waals surface area contributed by atoms with Crippen LogP contribution in [0.25, 0.3) is 0 Å². The normalized spacial score (nSPS) is 23.6. The fourth-order valence-electron chi connectivity index (χ4n) is 8.39. The minimum absolute atomic E-state index is 0.0637. The molecule has 0 radical (unpaired) electrons. The molecule has 0 heterocycles. The molecule has 1 aromatic carbocycles. The van der Waals surface area contributed by atoms with Gasteiger partial charge >= 0.3 is 5.97 Å². The van der Waals surface area contributed by atoms with Crippen molar-refractivity contribution >= 4 is 16.1 Å². The highest BCUT2D eigenvalue weighted by atomic mass is 32.2. The van der Waals surface area contributed by atoms with Gasteiger partial charge in [-0.05, 0) is 98.7 Å². The predicted molar refractivity (Wildman–Crippen MR) is 159 cm³/mol. The van der Waals surface area contributed by atoms with E-state index in [0.717, 1.165) is 68.9 Å². The maximum absolute atomic E-state index is 14.3. The molecule has 0 aliphatic heterocycles. The van der Waals surface area contributed by atoms with Gasteiger partial charge < -0.3 is 4.74 Å². The highest BCUT2D eigenvalue weighted by Crippen LogP contribution is 2.46. The van der Waals surface area contributed by atoms with Gasteiger partial charge in [0.05, 0.1) is 6.61 Å². The van der Waals surface area contributed by atoms with Crippen LogP contribution >= 0.6 is 0 Å². The van der Waals surface area contributed by atoms with Gasteiger partial charge in [-0.1, -0.05) is 76.3 Å². The van der Waals surface area contributed by atoms with Crippen molar-refractivity contribution in [2.24, 2.45) is 0 Å². The zero-order chi connectivity index (χ0) is 28.0. The summed E-state index contributed by atoms with van der Waals surface area (Å²) in [6.07, 6.45) is 22.9. The highest BCUT2D eigenvalue weighted by molar-refractivity contribution is 7.86. The van der Waals surface area contributed by atoms with Crippen molar-refractivity contribution in [3.8, 4) is 0 Å². The molecule has 0 spiro atoms. The number of hydrogen-bond acceptors (Lipinski definition) is 5. The first-order valence-corrected chi connectivity index (χ1v) is 18.0. The van der Waals surface area contributed by atoms with Crippen LogP contribution in [-0.4, -0.2) is 26.6 Å². The minimum Gasteiger partial charge on any atom is -0.459 e. The molecule has 1 aromatic rings. The topological polar surface area (TPSA) is 69.7 Å². The van der Waals surface area contributed by atoms with Crippen molar-refractivity contribution in [3.63, 3.8) is 0 Å². The second kappa shape index (κ2) is 13.7. The Labute approximate surface area is 243 Å². The molecule has 4 aliphatic rings. The van der Waals surface area contributed by atoms with Gasteiger partial charge in [0.25, 0.3) is 10.1 Å². The molecule has 5 rings (SSSR count). The number of esters is 1. The van der Waals surface area contributed by atoms with Crippen molar-refractivity contribution < 1.29 is 22.1 Å². The Morgan fingerprint density at radius 1 is 0.725 bits per heavy atom. The molecule has 0 unspecified atom stereocenters. The van der Waals surface area contributed by atoms with Gasteiger partial charge in [-0.3, -0.25) is 8.98 Å². The summed E-state index contributed by atoms with van der Waals surface area (Å²) in [4.78, 5) is 12.4. The van der Waals surface area contributed by atoms with E-state index in [1.54, 1.807) is 0 Å². The number of benzene rings is 1. The molecule has 0 amide bonds. The Balaban J connectivity index is 1.49. The Morgan fingerprint density at radius 3 is 1.65 bits per heavy atom. The van der Waals surface area contributed by atoms with Gasteiger partial charge in [0.1, 0.15) is 10.5 Å². The molecular formula is C34H52O5S. The zero-order valence-corrected chi connectivity index (χ0v) is 25.7. The van der Waals surface area contributed by atoms with E-state index in [2.05, 4.69) is 12.1 Å². The summed E-state index contributed by atoms with van der Waals surface area (Å²) in [6.45, 7) is 1.52. The van der Waals surface area contributed by atoms with Crippen molar-refractivity contribution in [3.05, 3.63) is 28.8 Å². The van der Waals surface area contributed by atoms with Gasteiger partial charge in [-0.2, -0.15) is 8.42 Å². The molecule has 0 bridgehead atoms. The van der Waals surface area contributed by atoms with Crippen LogP contribution in [0.2, 0.25) is 0 Å². The zero-order valence-electron chi connectivity index (χ0n) is 24.9. The lowest BCUT2D eigenvalue weighted by atomic mass is 9.76. The summed E-state index contributed by atoms with van der Waals surface area (Å²) in [5, 5.41) is 0. The Hall–Kier alpha value is -1.40. The highest BCUT2D eigenvalue weighted by Gasteiger charge is 2.37. The average molecular weight is 573 g/mol. The minimum atomic E-state index is -3.96. The number of rotatable bonds is 9. The van der Waals surface area contributed by atoms with Crippen molar-refractivity contribution in [2.75, 3.05) is 6.61 Å². The van der Waals surface area contributed by atoms with Crippen molar-refractivity contribution in [1.82, 2.24) is 0 Å². The Bertz CT molecular complexity index is 1050. The van der Waals surface area contributed by atoms with E-state index < -0.39 is 15.7 Å². The van der Waals surface area contributed by atoms with Gasteiger partial charge in [0.15, 0.2) is 0 Å². The monoisotopic (exact) mass is 572 g/mol. The summed E-state index contributed by atoms with van der Waals surface area (Å²) in [7, 11) is -3.96. The van der Waals surface area contributed by atoms with Crippen LogP contribution in [0.4, 0.5) is 0 Å². The van der Waals surface area contributed by atoms with Crippen LogP contribution in [0.5, 0.6) is 0 Å². The summed E-state index contributed by atoms with van der Waals surface area (Å²) in [6, 6.07) is 4.60. The molecule has 0 N–H and O–H groups in total. The quantitative estimate of drug-likeness (QED) is 0.218. The predicted octanol–water partition coefficient (Wildman–Crippen LogP) is 9.19. The summed E-state index contributed by atoms with van der Waals surface area (Å²) < 4.78 is 40.3. The first kappa shape index (κ1) is 30.1. The van der Waals surface area contributed by atoms with Crippen LogP contribution in [0, 0.1) is 0 Å². The van der Waals surface area contributed by atoms with E-state index in [1.165, 1.54) is 83.1 Å². The average Bonchev–Trinajstić information content (AvgIpc) is 2.98.